The molecule has 16 heavy (non-hydrogen) atoms. The summed E-state index contributed by atoms with van der Waals surface area (Å²) in [6.07, 6.45) is 3.00. The van der Waals surface area contributed by atoms with Gasteiger partial charge in [-0.15, -0.1) is 0 Å². The molecule has 0 bridgehead atoms. The maximum absolute atomic E-state index is 4.23. The number of aromatic nitrogens is 1. The molecule has 1 aromatic heterocycles. The van der Waals surface area contributed by atoms with Crippen molar-refractivity contribution in [2.24, 2.45) is 0 Å². The van der Waals surface area contributed by atoms with E-state index in [1.807, 2.05) is 24.4 Å². The van der Waals surface area contributed by atoms with Crippen LogP contribution in [0.25, 0.3) is 0 Å². The van der Waals surface area contributed by atoms with Crippen LogP contribution >= 0.6 is 0 Å². The van der Waals surface area contributed by atoms with Gasteiger partial charge in [0.15, 0.2) is 0 Å². The molecule has 1 aliphatic rings. The van der Waals surface area contributed by atoms with Gasteiger partial charge in [-0.3, -0.25) is 0 Å². The van der Waals surface area contributed by atoms with E-state index in [2.05, 4.69) is 20.5 Å². The molecule has 2 rings (SSSR count). The molecule has 0 amide bonds. The van der Waals surface area contributed by atoms with Gasteiger partial charge in [0.2, 0.25) is 0 Å². The van der Waals surface area contributed by atoms with Crippen molar-refractivity contribution in [2.75, 3.05) is 44.6 Å². The fourth-order valence-corrected chi connectivity index (χ4v) is 1.92. The van der Waals surface area contributed by atoms with Crippen LogP contribution in [0.1, 0.15) is 6.42 Å². The van der Waals surface area contributed by atoms with Crippen LogP contribution in [0.4, 0.5) is 5.82 Å². The van der Waals surface area contributed by atoms with Crippen LogP contribution in [-0.2, 0) is 0 Å². The summed E-state index contributed by atoms with van der Waals surface area (Å²) < 4.78 is 0. The summed E-state index contributed by atoms with van der Waals surface area (Å²) in [5, 5.41) is 6.69. The number of piperazine rings is 1. The second kappa shape index (κ2) is 6.45. The van der Waals surface area contributed by atoms with Crippen molar-refractivity contribution in [1.82, 2.24) is 15.2 Å². The van der Waals surface area contributed by atoms with E-state index in [1.165, 1.54) is 26.1 Å². The zero-order valence-corrected chi connectivity index (χ0v) is 9.65. The minimum atomic E-state index is 0.975. The normalized spacial score (nSPS) is 17.2. The second-order valence-corrected chi connectivity index (χ2v) is 4.09. The standard InChI is InChI=1S/C12H20N4/c1-2-5-14-12(4-1)15-6-3-9-16-10-7-13-8-11-16/h1-2,4-5,13H,3,6-11H2,(H,14,15). The van der Waals surface area contributed by atoms with E-state index >= 15 is 0 Å². The summed E-state index contributed by atoms with van der Waals surface area (Å²) in [6.45, 7) is 6.82. The number of anilines is 1. The molecule has 0 aliphatic carbocycles. The van der Waals surface area contributed by atoms with Gasteiger partial charge in [-0.25, -0.2) is 4.98 Å². The van der Waals surface area contributed by atoms with Crippen LogP contribution in [0.3, 0.4) is 0 Å². The maximum Gasteiger partial charge on any atom is 0.125 e. The van der Waals surface area contributed by atoms with Gasteiger partial charge in [0.1, 0.15) is 5.82 Å². The Morgan fingerprint density at radius 1 is 1.31 bits per heavy atom. The van der Waals surface area contributed by atoms with Crippen LogP contribution in [0.2, 0.25) is 0 Å². The van der Waals surface area contributed by atoms with Crippen molar-refractivity contribution in [2.45, 2.75) is 6.42 Å². The van der Waals surface area contributed by atoms with Gasteiger partial charge in [-0.2, -0.15) is 0 Å². The molecule has 0 spiro atoms. The van der Waals surface area contributed by atoms with Crippen molar-refractivity contribution in [1.29, 1.82) is 0 Å². The highest BCUT2D eigenvalue weighted by atomic mass is 15.2. The quantitative estimate of drug-likeness (QED) is 0.720. The molecular weight excluding hydrogens is 200 g/mol. The summed E-state index contributed by atoms with van der Waals surface area (Å²) in [7, 11) is 0. The maximum atomic E-state index is 4.23. The van der Waals surface area contributed by atoms with E-state index in [0.29, 0.717) is 0 Å². The lowest BCUT2D eigenvalue weighted by atomic mass is 10.3. The highest BCUT2D eigenvalue weighted by Gasteiger charge is 2.07. The summed E-state index contributed by atoms with van der Waals surface area (Å²) in [5.41, 5.74) is 0. The summed E-state index contributed by atoms with van der Waals surface area (Å²) in [4.78, 5) is 6.74. The van der Waals surface area contributed by atoms with Gasteiger partial charge in [0.05, 0.1) is 0 Å². The van der Waals surface area contributed by atoms with Crippen LogP contribution in [-0.4, -0.2) is 49.2 Å². The number of nitrogens with one attached hydrogen (secondary N) is 2. The Labute approximate surface area is 97.1 Å². The first-order chi connectivity index (χ1) is 7.95. The largest absolute Gasteiger partial charge is 0.370 e. The Kier molecular flexibility index (Phi) is 4.58. The van der Waals surface area contributed by atoms with E-state index in [1.54, 1.807) is 0 Å². The number of hydrogen-bond acceptors (Lipinski definition) is 4. The Morgan fingerprint density at radius 2 is 2.19 bits per heavy atom. The topological polar surface area (TPSA) is 40.2 Å². The molecule has 1 aromatic rings. The molecule has 1 saturated heterocycles. The number of pyridine rings is 1. The first-order valence-corrected chi connectivity index (χ1v) is 6.03. The van der Waals surface area contributed by atoms with Crippen molar-refractivity contribution < 1.29 is 0 Å². The molecule has 2 N–H and O–H groups in total. The third-order valence-corrected chi connectivity index (χ3v) is 2.83. The Bertz CT molecular complexity index is 282. The smallest absolute Gasteiger partial charge is 0.125 e. The fraction of sp³-hybridized carbons (Fsp3) is 0.583. The molecule has 2 heterocycles. The van der Waals surface area contributed by atoms with Gasteiger partial charge >= 0.3 is 0 Å². The van der Waals surface area contributed by atoms with Crippen molar-refractivity contribution in [3.63, 3.8) is 0 Å². The highest BCUT2D eigenvalue weighted by molar-refractivity contribution is 5.32. The number of nitrogens with zero attached hydrogens (tertiary/aromatic N) is 2. The lowest BCUT2D eigenvalue weighted by Crippen LogP contribution is -2.44. The Hall–Kier alpha value is -1.13. The van der Waals surface area contributed by atoms with Crippen molar-refractivity contribution in [3.8, 4) is 0 Å². The van der Waals surface area contributed by atoms with E-state index in [9.17, 15) is 0 Å². The van der Waals surface area contributed by atoms with Gasteiger partial charge in [-0.1, -0.05) is 6.07 Å². The van der Waals surface area contributed by atoms with Crippen molar-refractivity contribution in [3.05, 3.63) is 24.4 Å². The van der Waals surface area contributed by atoms with Gasteiger partial charge < -0.3 is 15.5 Å². The minimum Gasteiger partial charge on any atom is -0.370 e. The molecule has 1 aliphatic heterocycles. The lowest BCUT2D eigenvalue weighted by Gasteiger charge is -2.27. The second-order valence-electron chi connectivity index (χ2n) is 4.09. The molecule has 88 valence electrons. The van der Waals surface area contributed by atoms with Crippen LogP contribution in [0, 0.1) is 0 Å². The van der Waals surface area contributed by atoms with Crippen LogP contribution < -0.4 is 10.6 Å². The molecule has 0 saturated carbocycles. The molecule has 0 aromatic carbocycles. The predicted molar refractivity (Wildman–Crippen MR) is 66.7 cm³/mol. The minimum absolute atomic E-state index is 0.975. The molecule has 0 atom stereocenters. The van der Waals surface area contributed by atoms with Crippen LogP contribution in [0.15, 0.2) is 24.4 Å². The molecule has 1 fully saturated rings. The summed E-state index contributed by atoms with van der Waals surface area (Å²) in [5.74, 6) is 0.975. The molecule has 4 heteroatoms. The highest BCUT2D eigenvalue weighted by Crippen LogP contribution is 2.00. The van der Waals surface area contributed by atoms with Gasteiger partial charge in [0.25, 0.3) is 0 Å². The average molecular weight is 220 g/mol. The van der Waals surface area contributed by atoms with E-state index < -0.39 is 0 Å². The average Bonchev–Trinajstić information content (AvgIpc) is 2.37. The zero-order chi connectivity index (χ0) is 11.1. The molecule has 0 radical (unpaired) electrons. The third kappa shape index (κ3) is 3.79. The lowest BCUT2D eigenvalue weighted by molar-refractivity contribution is 0.240. The van der Waals surface area contributed by atoms with Gasteiger partial charge in [-0.05, 0) is 25.1 Å². The zero-order valence-electron chi connectivity index (χ0n) is 9.65. The Morgan fingerprint density at radius 3 is 2.94 bits per heavy atom. The molecule has 4 nitrogen and oxygen atoms in total. The first kappa shape index (κ1) is 11.4. The number of rotatable bonds is 5. The van der Waals surface area contributed by atoms with Crippen LogP contribution in [0.5, 0.6) is 0 Å². The predicted octanol–water partition coefficient (Wildman–Crippen LogP) is 0.789. The molecular formula is C12H20N4. The van der Waals surface area contributed by atoms with Crippen molar-refractivity contribution >= 4 is 5.82 Å². The van der Waals surface area contributed by atoms with E-state index in [0.717, 1.165) is 25.5 Å². The Balaban J connectivity index is 1.58. The van der Waals surface area contributed by atoms with E-state index in [-0.39, 0.29) is 0 Å². The summed E-state index contributed by atoms with van der Waals surface area (Å²) in [6, 6.07) is 5.95. The van der Waals surface area contributed by atoms with E-state index in [4.69, 9.17) is 0 Å². The summed E-state index contributed by atoms with van der Waals surface area (Å²) >= 11 is 0. The first-order valence-electron chi connectivity index (χ1n) is 6.03. The third-order valence-electron chi connectivity index (χ3n) is 2.83. The monoisotopic (exact) mass is 220 g/mol. The molecule has 0 unspecified atom stereocenters. The number of hydrogen-bond donors (Lipinski definition) is 2. The van der Waals surface area contributed by atoms with Gasteiger partial charge in [0, 0.05) is 38.9 Å². The SMILES string of the molecule is c1ccc(NCCCN2CCNCC2)nc1. The fourth-order valence-electron chi connectivity index (χ4n) is 1.92.